The first-order valence-electron chi connectivity index (χ1n) is 8.76. The Labute approximate surface area is 153 Å². The Bertz CT molecular complexity index is 769. The van der Waals surface area contributed by atoms with Crippen LogP contribution in [-0.4, -0.2) is 23.1 Å². The van der Waals surface area contributed by atoms with Gasteiger partial charge in [-0.2, -0.15) is 0 Å². The number of aromatic carboxylic acids is 1. The van der Waals surface area contributed by atoms with Crippen molar-refractivity contribution in [3.05, 3.63) is 59.7 Å². The van der Waals surface area contributed by atoms with Crippen molar-refractivity contribution in [2.24, 2.45) is 0 Å². The molecule has 26 heavy (non-hydrogen) atoms. The van der Waals surface area contributed by atoms with Gasteiger partial charge in [-0.1, -0.05) is 45.0 Å². The summed E-state index contributed by atoms with van der Waals surface area (Å²) in [5.41, 5.74) is 1.11. The van der Waals surface area contributed by atoms with Gasteiger partial charge in [-0.05, 0) is 48.6 Å². The molecule has 1 N–H and O–H groups in total. The summed E-state index contributed by atoms with van der Waals surface area (Å²) in [4.78, 5) is 23.5. The van der Waals surface area contributed by atoms with E-state index >= 15 is 0 Å². The highest BCUT2D eigenvalue weighted by Gasteiger charge is 2.23. The van der Waals surface area contributed by atoms with E-state index in [0.29, 0.717) is 18.1 Å². The quantitative estimate of drug-likeness (QED) is 0.550. The standard InChI is InChI=1S/C21H24O5/c1-4-14(3)17-11-6-7-12-19(17)26-18(5-2)21(24)25-16-10-8-9-15(13-16)20(22)23/h6-14,18H,4-5H2,1-3H3,(H,22,23). The number of ether oxygens (including phenoxy) is 2. The number of carbonyl (C=O) groups is 2. The largest absolute Gasteiger partial charge is 0.478 e. The fourth-order valence-electron chi connectivity index (χ4n) is 2.54. The zero-order valence-corrected chi connectivity index (χ0v) is 15.3. The average molecular weight is 356 g/mol. The number of carbonyl (C=O) groups excluding carboxylic acids is 1. The van der Waals surface area contributed by atoms with Gasteiger partial charge >= 0.3 is 11.9 Å². The predicted octanol–water partition coefficient (Wildman–Crippen LogP) is 4.66. The van der Waals surface area contributed by atoms with Crippen molar-refractivity contribution in [1.82, 2.24) is 0 Å². The van der Waals surface area contributed by atoms with Crippen molar-refractivity contribution in [2.75, 3.05) is 0 Å². The van der Waals surface area contributed by atoms with E-state index in [1.807, 2.05) is 31.2 Å². The van der Waals surface area contributed by atoms with Crippen LogP contribution in [0.5, 0.6) is 11.5 Å². The second-order valence-corrected chi connectivity index (χ2v) is 6.12. The number of esters is 1. The van der Waals surface area contributed by atoms with Gasteiger partial charge in [0.2, 0.25) is 0 Å². The van der Waals surface area contributed by atoms with E-state index < -0.39 is 18.0 Å². The second-order valence-electron chi connectivity index (χ2n) is 6.12. The first kappa shape index (κ1) is 19.5. The molecule has 138 valence electrons. The van der Waals surface area contributed by atoms with E-state index in [1.54, 1.807) is 6.07 Å². The third-order valence-corrected chi connectivity index (χ3v) is 4.26. The van der Waals surface area contributed by atoms with Gasteiger partial charge < -0.3 is 14.6 Å². The maximum absolute atomic E-state index is 12.5. The van der Waals surface area contributed by atoms with Crippen molar-refractivity contribution < 1.29 is 24.2 Å². The summed E-state index contributed by atoms with van der Waals surface area (Å²) in [5, 5.41) is 9.03. The lowest BCUT2D eigenvalue weighted by atomic mass is 9.98. The Balaban J connectivity index is 2.15. The summed E-state index contributed by atoms with van der Waals surface area (Å²) in [6.07, 6.45) is 0.629. The molecule has 2 aromatic rings. The normalized spacial score (nSPS) is 12.9. The summed E-state index contributed by atoms with van der Waals surface area (Å²) in [6.45, 7) is 6.05. The number of hydrogen-bond acceptors (Lipinski definition) is 4. The van der Waals surface area contributed by atoms with Gasteiger partial charge in [0.15, 0.2) is 6.10 Å². The van der Waals surface area contributed by atoms with Gasteiger partial charge in [-0.25, -0.2) is 9.59 Å². The number of carboxylic acid groups (broad SMARTS) is 1. The summed E-state index contributed by atoms with van der Waals surface area (Å²) in [5.74, 6) is -0.452. The molecular weight excluding hydrogens is 332 g/mol. The van der Waals surface area contributed by atoms with E-state index in [2.05, 4.69) is 13.8 Å². The number of hydrogen-bond donors (Lipinski definition) is 1. The Morgan fingerprint density at radius 1 is 1.04 bits per heavy atom. The molecule has 0 amide bonds. The van der Waals surface area contributed by atoms with Gasteiger partial charge in [0.25, 0.3) is 0 Å². The summed E-state index contributed by atoms with van der Waals surface area (Å²) < 4.78 is 11.3. The molecule has 0 saturated heterocycles. The van der Waals surface area contributed by atoms with E-state index in [1.165, 1.54) is 18.2 Å². The van der Waals surface area contributed by atoms with Gasteiger partial charge in [0.05, 0.1) is 5.56 Å². The van der Waals surface area contributed by atoms with Crippen LogP contribution in [0.25, 0.3) is 0 Å². The Morgan fingerprint density at radius 2 is 1.77 bits per heavy atom. The zero-order chi connectivity index (χ0) is 19.1. The highest BCUT2D eigenvalue weighted by molar-refractivity contribution is 5.88. The van der Waals surface area contributed by atoms with E-state index in [9.17, 15) is 9.59 Å². The molecule has 0 aliphatic rings. The SMILES string of the molecule is CCC(Oc1ccccc1C(C)CC)C(=O)Oc1cccc(C(=O)O)c1. The first-order chi connectivity index (χ1) is 12.5. The maximum Gasteiger partial charge on any atom is 0.352 e. The third-order valence-electron chi connectivity index (χ3n) is 4.26. The van der Waals surface area contributed by atoms with Crippen LogP contribution in [0.4, 0.5) is 0 Å². The maximum atomic E-state index is 12.5. The minimum absolute atomic E-state index is 0.0615. The molecule has 2 unspecified atom stereocenters. The van der Waals surface area contributed by atoms with Gasteiger partial charge in [-0.3, -0.25) is 0 Å². The fourth-order valence-corrected chi connectivity index (χ4v) is 2.54. The molecule has 0 radical (unpaired) electrons. The van der Waals surface area contributed by atoms with Crippen molar-refractivity contribution >= 4 is 11.9 Å². The number of rotatable bonds is 8. The van der Waals surface area contributed by atoms with Crippen LogP contribution in [-0.2, 0) is 4.79 Å². The molecule has 0 aromatic heterocycles. The molecule has 5 nitrogen and oxygen atoms in total. The van der Waals surface area contributed by atoms with E-state index in [4.69, 9.17) is 14.6 Å². The van der Waals surface area contributed by atoms with Crippen LogP contribution in [0.2, 0.25) is 0 Å². The van der Waals surface area contributed by atoms with Crippen LogP contribution in [0.1, 0.15) is 55.5 Å². The minimum Gasteiger partial charge on any atom is -0.478 e. The third kappa shape index (κ3) is 4.85. The molecule has 2 aromatic carbocycles. The molecule has 2 atom stereocenters. The smallest absolute Gasteiger partial charge is 0.352 e. The van der Waals surface area contributed by atoms with Crippen LogP contribution < -0.4 is 9.47 Å². The minimum atomic E-state index is -1.08. The van der Waals surface area contributed by atoms with Crippen LogP contribution in [0.15, 0.2) is 48.5 Å². The lowest BCUT2D eigenvalue weighted by Gasteiger charge is -2.20. The van der Waals surface area contributed by atoms with Crippen LogP contribution in [0, 0.1) is 0 Å². The average Bonchev–Trinajstić information content (AvgIpc) is 2.65. The molecule has 0 aliphatic carbocycles. The molecule has 5 heteroatoms. The number of para-hydroxylation sites is 1. The van der Waals surface area contributed by atoms with Crippen molar-refractivity contribution in [3.63, 3.8) is 0 Å². The second kappa shape index (κ2) is 9.04. The molecule has 0 saturated carbocycles. The Kier molecular flexibility index (Phi) is 6.78. The molecule has 0 heterocycles. The Hall–Kier alpha value is -2.82. The lowest BCUT2D eigenvalue weighted by Crippen LogP contribution is -2.31. The first-order valence-corrected chi connectivity index (χ1v) is 8.76. The summed E-state index contributed by atoms with van der Waals surface area (Å²) >= 11 is 0. The van der Waals surface area contributed by atoms with Crippen molar-refractivity contribution in [1.29, 1.82) is 0 Å². The topological polar surface area (TPSA) is 72.8 Å². The van der Waals surface area contributed by atoms with E-state index in [0.717, 1.165) is 12.0 Å². The van der Waals surface area contributed by atoms with Crippen LogP contribution >= 0.6 is 0 Å². The highest BCUT2D eigenvalue weighted by atomic mass is 16.6. The molecule has 0 spiro atoms. The van der Waals surface area contributed by atoms with E-state index in [-0.39, 0.29) is 11.3 Å². The van der Waals surface area contributed by atoms with Crippen LogP contribution in [0.3, 0.4) is 0 Å². The Morgan fingerprint density at radius 3 is 2.42 bits per heavy atom. The molecule has 2 rings (SSSR count). The molecule has 0 fully saturated rings. The fraction of sp³-hybridized carbons (Fsp3) is 0.333. The van der Waals surface area contributed by atoms with Crippen molar-refractivity contribution in [3.8, 4) is 11.5 Å². The number of carboxylic acids is 1. The van der Waals surface area contributed by atoms with Crippen molar-refractivity contribution in [2.45, 2.75) is 45.6 Å². The summed E-state index contributed by atoms with van der Waals surface area (Å²) in [6, 6.07) is 13.5. The number of benzene rings is 2. The highest BCUT2D eigenvalue weighted by Crippen LogP contribution is 2.29. The molecular formula is C21H24O5. The lowest BCUT2D eigenvalue weighted by molar-refractivity contribution is -0.142. The van der Waals surface area contributed by atoms with Gasteiger partial charge in [0.1, 0.15) is 11.5 Å². The van der Waals surface area contributed by atoms with Gasteiger partial charge in [-0.15, -0.1) is 0 Å². The molecule has 0 aliphatic heterocycles. The molecule has 0 bridgehead atoms. The monoisotopic (exact) mass is 356 g/mol. The zero-order valence-electron chi connectivity index (χ0n) is 15.3. The predicted molar refractivity (Wildman–Crippen MR) is 98.9 cm³/mol. The van der Waals surface area contributed by atoms with Gasteiger partial charge in [0, 0.05) is 0 Å². The summed E-state index contributed by atoms with van der Waals surface area (Å²) in [7, 11) is 0.